The van der Waals surface area contributed by atoms with Crippen LogP contribution in [0.2, 0.25) is 0 Å². The van der Waals surface area contributed by atoms with E-state index in [9.17, 15) is 4.79 Å². The Morgan fingerprint density at radius 1 is 1.11 bits per heavy atom. The molecule has 148 valence electrons. The van der Waals surface area contributed by atoms with Crippen molar-refractivity contribution in [2.24, 2.45) is 0 Å². The van der Waals surface area contributed by atoms with Gasteiger partial charge in [0.25, 0.3) is 5.91 Å². The molecular formula is C22H27N3O3. The molecule has 1 aliphatic heterocycles. The van der Waals surface area contributed by atoms with Crippen LogP contribution in [0.15, 0.2) is 24.3 Å². The minimum atomic E-state index is -0.623. The number of hydrogen-bond donors (Lipinski definition) is 1. The lowest BCUT2D eigenvalue weighted by atomic mass is 9.95. The molecule has 1 aromatic carbocycles. The fourth-order valence-electron chi connectivity index (χ4n) is 4.73. The number of nitrogens with zero attached hydrogens (tertiary/aromatic N) is 2. The van der Waals surface area contributed by atoms with Crippen LogP contribution in [-0.2, 0) is 24.2 Å². The van der Waals surface area contributed by atoms with Crippen molar-refractivity contribution in [1.82, 2.24) is 15.1 Å². The van der Waals surface area contributed by atoms with Gasteiger partial charge in [-0.1, -0.05) is 25.0 Å². The second kappa shape index (κ2) is 7.49. The second-order valence-electron chi connectivity index (χ2n) is 8.04. The minimum Gasteiger partial charge on any atom is -0.485 e. The highest BCUT2D eigenvalue weighted by Gasteiger charge is 2.29. The molecule has 1 fully saturated rings. The van der Waals surface area contributed by atoms with E-state index in [2.05, 4.69) is 10.00 Å². The molecule has 28 heavy (non-hydrogen) atoms. The zero-order valence-corrected chi connectivity index (χ0v) is 16.2. The van der Waals surface area contributed by atoms with E-state index in [0.717, 1.165) is 18.5 Å². The maximum Gasteiger partial charge on any atom is 0.265 e. The monoisotopic (exact) mass is 381 g/mol. The number of hydrogen-bond acceptors (Lipinski definition) is 4. The average molecular weight is 381 g/mol. The Morgan fingerprint density at radius 2 is 1.89 bits per heavy atom. The summed E-state index contributed by atoms with van der Waals surface area (Å²) >= 11 is 0. The van der Waals surface area contributed by atoms with Crippen molar-refractivity contribution in [2.45, 2.75) is 70.1 Å². The Labute approximate surface area is 165 Å². The van der Waals surface area contributed by atoms with Crippen LogP contribution in [0.3, 0.4) is 0 Å². The first-order valence-electron chi connectivity index (χ1n) is 10.5. The van der Waals surface area contributed by atoms with Gasteiger partial charge in [0.1, 0.15) is 6.61 Å². The number of nitrogens with one attached hydrogen (secondary N) is 1. The van der Waals surface area contributed by atoms with E-state index in [1.165, 1.54) is 49.8 Å². The number of fused-ring (bicyclic) bond motifs is 2. The van der Waals surface area contributed by atoms with Gasteiger partial charge < -0.3 is 14.8 Å². The van der Waals surface area contributed by atoms with Crippen LogP contribution < -0.4 is 14.8 Å². The predicted molar refractivity (Wildman–Crippen MR) is 105 cm³/mol. The van der Waals surface area contributed by atoms with Gasteiger partial charge in [0.2, 0.25) is 6.10 Å². The minimum absolute atomic E-state index is 0.144. The molecule has 0 bridgehead atoms. The van der Waals surface area contributed by atoms with Crippen LogP contribution in [0, 0.1) is 0 Å². The molecule has 1 saturated carbocycles. The van der Waals surface area contributed by atoms with Crippen LogP contribution in [0.25, 0.3) is 0 Å². The second-order valence-corrected chi connectivity index (χ2v) is 8.04. The molecule has 2 aromatic rings. The predicted octanol–water partition coefficient (Wildman–Crippen LogP) is 3.33. The van der Waals surface area contributed by atoms with Gasteiger partial charge in [-0.2, -0.15) is 5.10 Å². The Morgan fingerprint density at radius 3 is 2.75 bits per heavy atom. The van der Waals surface area contributed by atoms with Crippen LogP contribution >= 0.6 is 0 Å². The third kappa shape index (κ3) is 3.25. The van der Waals surface area contributed by atoms with E-state index < -0.39 is 6.10 Å². The maximum absolute atomic E-state index is 12.7. The SMILES string of the molecule is O=C(NCc1nn(C2CCCC2)c2c1CCCC2)C1COc2ccccc2O1. The summed E-state index contributed by atoms with van der Waals surface area (Å²) in [4.78, 5) is 12.7. The molecule has 1 aromatic heterocycles. The molecule has 0 saturated heterocycles. The lowest BCUT2D eigenvalue weighted by Crippen LogP contribution is -2.43. The molecule has 6 nitrogen and oxygen atoms in total. The van der Waals surface area contributed by atoms with E-state index in [4.69, 9.17) is 14.6 Å². The van der Waals surface area contributed by atoms with Crippen molar-refractivity contribution in [3.63, 3.8) is 0 Å². The van der Waals surface area contributed by atoms with Crippen molar-refractivity contribution in [1.29, 1.82) is 0 Å². The van der Waals surface area contributed by atoms with Crippen molar-refractivity contribution < 1.29 is 14.3 Å². The van der Waals surface area contributed by atoms with Crippen LogP contribution in [0.5, 0.6) is 11.5 Å². The molecule has 1 amide bonds. The van der Waals surface area contributed by atoms with Gasteiger partial charge in [-0.15, -0.1) is 0 Å². The summed E-state index contributed by atoms with van der Waals surface area (Å²) in [6.45, 7) is 0.694. The highest BCUT2D eigenvalue weighted by atomic mass is 16.6. The fraction of sp³-hybridized carbons (Fsp3) is 0.545. The highest BCUT2D eigenvalue weighted by molar-refractivity contribution is 5.81. The number of rotatable bonds is 4. The number of para-hydroxylation sites is 2. The molecule has 0 spiro atoms. The van der Waals surface area contributed by atoms with Gasteiger partial charge in [0.15, 0.2) is 11.5 Å². The molecule has 2 heterocycles. The highest BCUT2D eigenvalue weighted by Crippen LogP contribution is 2.34. The van der Waals surface area contributed by atoms with Crippen LogP contribution in [0.4, 0.5) is 0 Å². The third-order valence-electron chi connectivity index (χ3n) is 6.19. The van der Waals surface area contributed by atoms with Crippen molar-refractivity contribution in [3.8, 4) is 11.5 Å². The van der Waals surface area contributed by atoms with E-state index >= 15 is 0 Å². The lowest BCUT2D eigenvalue weighted by molar-refractivity contribution is -0.130. The van der Waals surface area contributed by atoms with Crippen molar-refractivity contribution in [2.75, 3.05) is 6.61 Å². The zero-order valence-electron chi connectivity index (χ0n) is 16.2. The molecule has 3 aliphatic rings. The summed E-state index contributed by atoms with van der Waals surface area (Å²) < 4.78 is 13.8. The summed E-state index contributed by atoms with van der Waals surface area (Å²) in [6, 6.07) is 8.00. The quantitative estimate of drug-likeness (QED) is 0.882. The molecule has 6 heteroatoms. The first-order valence-corrected chi connectivity index (χ1v) is 10.5. The number of aromatic nitrogens is 2. The normalized spacial score (nSPS) is 21.4. The van der Waals surface area contributed by atoms with Gasteiger partial charge in [0, 0.05) is 5.69 Å². The molecular weight excluding hydrogens is 354 g/mol. The molecule has 5 rings (SSSR count). The Balaban J connectivity index is 1.28. The third-order valence-corrected chi connectivity index (χ3v) is 6.19. The maximum atomic E-state index is 12.7. The van der Waals surface area contributed by atoms with Gasteiger partial charge in [0.05, 0.1) is 18.3 Å². The summed E-state index contributed by atoms with van der Waals surface area (Å²) in [6.07, 6.45) is 9.07. The van der Waals surface area contributed by atoms with Gasteiger partial charge in [-0.05, 0) is 56.2 Å². The summed E-state index contributed by atoms with van der Waals surface area (Å²) in [7, 11) is 0. The first kappa shape index (κ1) is 17.6. The van der Waals surface area contributed by atoms with Gasteiger partial charge >= 0.3 is 0 Å². The number of amides is 1. The number of carbonyl (C=O) groups excluding carboxylic acids is 1. The van der Waals surface area contributed by atoms with E-state index in [1.54, 1.807) is 0 Å². The Hall–Kier alpha value is -2.50. The molecule has 0 radical (unpaired) electrons. The summed E-state index contributed by atoms with van der Waals surface area (Å²) in [5.41, 5.74) is 3.81. The topological polar surface area (TPSA) is 65.4 Å². The van der Waals surface area contributed by atoms with Crippen molar-refractivity contribution >= 4 is 5.91 Å². The molecule has 2 aliphatic carbocycles. The number of carbonyl (C=O) groups is 1. The molecule has 1 atom stereocenters. The van der Waals surface area contributed by atoms with E-state index in [-0.39, 0.29) is 12.5 Å². The van der Waals surface area contributed by atoms with Gasteiger partial charge in [-0.3, -0.25) is 9.48 Å². The van der Waals surface area contributed by atoms with Crippen molar-refractivity contribution in [3.05, 3.63) is 41.2 Å². The lowest BCUT2D eigenvalue weighted by Gasteiger charge is -2.25. The largest absolute Gasteiger partial charge is 0.485 e. The average Bonchev–Trinajstić information content (AvgIpc) is 3.39. The summed E-state index contributed by atoms with van der Waals surface area (Å²) in [5, 5.41) is 7.99. The van der Waals surface area contributed by atoms with Gasteiger partial charge in [-0.25, -0.2) is 0 Å². The molecule has 1 N–H and O–H groups in total. The Bertz CT molecular complexity index is 870. The number of benzene rings is 1. The van der Waals surface area contributed by atoms with E-state index in [0.29, 0.717) is 24.1 Å². The first-order chi connectivity index (χ1) is 13.8. The standard InChI is InChI=1S/C22H27N3O3/c26-22(21-14-27-19-11-5-6-12-20(19)28-21)23-13-17-16-9-3-4-10-18(16)25(24-17)15-7-1-2-8-15/h5-6,11-12,15,21H,1-4,7-10,13-14H2,(H,23,26). The van der Waals surface area contributed by atoms with Crippen LogP contribution in [0.1, 0.15) is 61.5 Å². The van der Waals surface area contributed by atoms with E-state index in [1.807, 2.05) is 24.3 Å². The summed E-state index contributed by atoms with van der Waals surface area (Å²) in [5.74, 6) is 1.17. The number of ether oxygens (including phenoxy) is 2. The zero-order chi connectivity index (χ0) is 18.9. The molecule has 1 unspecified atom stereocenters. The van der Waals surface area contributed by atoms with Crippen LogP contribution in [-0.4, -0.2) is 28.4 Å². The Kier molecular flexibility index (Phi) is 4.71. The fourth-order valence-corrected chi connectivity index (χ4v) is 4.73. The smallest absolute Gasteiger partial charge is 0.265 e.